The second-order valence-electron chi connectivity index (χ2n) is 5.73. The molecule has 0 fully saturated rings. The van der Waals surface area contributed by atoms with Crippen LogP contribution in [0.3, 0.4) is 0 Å². The number of ether oxygens (including phenoxy) is 2. The first-order valence-electron chi connectivity index (χ1n) is 7.69. The van der Waals surface area contributed by atoms with Crippen LogP contribution in [0.5, 0.6) is 11.5 Å². The van der Waals surface area contributed by atoms with Crippen molar-refractivity contribution < 1.29 is 14.3 Å². The van der Waals surface area contributed by atoms with E-state index in [-0.39, 0.29) is 5.91 Å². The standard InChI is InChI=1S/C17H23N3O3S/c1-5-8-17(2,18)15(21)20-16-19-12(10-24-16)11-6-7-13(22-3)14(9-11)23-4/h6-7,9-10H,5,8,18H2,1-4H3,(H,19,20,21). The molecular formula is C17H23N3O3S. The number of hydrogen-bond donors (Lipinski definition) is 2. The Morgan fingerprint density at radius 1 is 1.33 bits per heavy atom. The van der Waals surface area contributed by atoms with E-state index < -0.39 is 5.54 Å². The minimum Gasteiger partial charge on any atom is -0.493 e. The van der Waals surface area contributed by atoms with Crippen LogP contribution in [0, 0.1) is 0 Å². The van der Waals surface area contributed by atoms with Gasteiger partial charge in [0.15, 0.2) is 16.6 Å². The third kappa shape index (κ3) is 4.04. The number of anilines is 1. The van der Waals surface area contributed by atoms with Crippen LogP contribution in [0.4, 0.5) is 5.13 Å². The van der Waals surface area contributed by atoms with Crippen LogP contribution in [0.15, 0.2) is 23.6 Å². The van der Waals surface area contributed by atoms with Crippen LogP contribution in [0.2, 0.25) is 0 Å². The topological polar surface area (TPSA) is 86.5 Å². The number of thiazole rings is 1. The SMILES string of the molecule is CCCC(C)(N)C(=O)Nc1nc(-c2ccc(OC)c(OC)c2)cs1. The molecule has 1 aromatic heterocycles. The summed E-state index contributed by atoms with van der Waals surface area (Å²) in [7, 11) is 3.18. The predicted molar refractivity (Wildman–Crippen MR) is 96.8 cm³/mol. The van der Waals surface area contributed by atoms with Gasteiger partial charge in [-0.25, -0.2) is 4.98 Å². The molecule has 0 aliphatic heterocycles. The van der Waals surface area contributed by atoms with Gasteiger partial charge in [-0.3, -0.25) is 4.79 Å². The first kappa shape index (κ1) is 18.2. The third-order valence-electron chi connectivity index (χ3n) is 3.69. The molecule has 2 aromatic rings. The molecule has 1 aromatic carbocycles. The summed E-state index contributed by atoms with van der Waals surface area (Å²) < 4.78 is 10.5. The number of benzene rings is 1. The van der Waals surface area contributed by atoms with Crippen molar-refractivity contribution in [3.8, 4) is 22.8 Å². The fourth-order valence-corrected chi connectivity index (χ4v) is 3.05. The zero-order valence-corrected chi connectivity index (χ0v) is 15.2. The highest BCUT2D eigenvalue weighted by Crippen LogP contribution is 2.33. The molecule has 3 N–H and O–H groups in total. The molecule has 1 amide bonds. The molecule has 0 aliphatic carbocycles. The Balaban J connectivity index is 2.18. The molecule has 1 unspecified atom stereocenters. The maximum absolute atomic E-state index is 12.2. The normalized spacial score (nSPS) is 13.2. The molecule has 0 saturated carbocycles. The number of nitrogens with two attached hydrogens (primary N) is 1. The summed E-state index contributed by atoms with van der Waals surface area (Å²) in [6.07, 6.45) is 1.46. The van der Waals surface area contributed by atoms with Gasteiger partial charge in [0.1, 0.15) is 0 Å². The van der Waals surface area contributed by atoms with Gasteiger partial charge < -0.3 is 20.5 Å². The van der Waals surface area contributed by atoms with Crippen LogP contribution >= 0.6 is 11.3 Å². The van der Waals surface area contributed by atoms with Gasteiger partial charge in [0.05, 0.1) is 25.5 Å². The Morgan fingerprint density at radius 3 is 2.67 bits per heavy atom. The molecule has 6 nitrogen and oxygen atoms in total. The zero-order valence-electron chi connectivity index (χ0n) is 14.4. The molecule has 7 heteroatoms. The van der Waals surface area contributed by atoms with Crippen LogP contribution < -0.4 is 20.5 Å². The number of carbonyl (C=O) groups excluding carboxylic acids is 1. The Hall–Kier alpha value is -2.12. The Bertz CT molecular complexity index is 713. The number of nitrogens with zero attached hydrogens (tertiary/aromatic N) is 1. The molecule has 130 valence electrons. The van der Waals surface area contributed by atoms with Crippen molar-refractivity contribution in [3.05, 3.63) is 23.6 Å². The molecule has 2 rings (SSSR count). The van der Waals surface area contributed by atoms with Gasteiger partial charge in [-0.2, -0.15) is 0 Å². The van der Waals surface area contributed by atoms with Crippen molar-refractivity contribution in [1.82, 2.24) is 4.98 Å². The first-order chi connectivity index (χ1) is 11.4. The van der Waals surface area contributed by atoms with Gasteiger partial charge in [-0.1, -0.05) is 13.3 Å². The molecule has 1 atom stereocenters. The van der Waals surface area contributed by atoms with Gasteiger partial charge in [0, 0.05) is 10.9 Å². The van der Waals surface area contributed by atoms with E-state index in [0.717, 1.165) is 17.7 Å². The Labute approximate surface area is 146 Å². The summed E-state index contributed by atoms with van der Waals surface area (Å²) in [4.78, 5) is 16.7. The lowest BCUT2D eigenvalue weighted by atomic mass is 9.97. The van der Waals surface area contributed by atoms with Crippen molar-refractivity contribution in [3.63, 3.8) is 0 Å². The minimum atomic E-state index is -0.899. The van der Waals surface area contributed by atoms with Crippen molar-refractivity contribution in [2.75, 3.05) is 19.5 Å². The number of nitrogens with one attached hydrogen (secondary N) is 1. The number of methoxy groups -OCH3 is 2. The van der Waals surface area contributed by atoms with Crippen LogP contribution in [-0.4, -0.2) is 30.6 Å². The number of rotatable bonds is 7. The molecule has 0 spiro atoms. The number of amides is 1. The van der Waals surface area contributed by atoms with Gasteiger partial charge in [0.2, 0.25) is 5.91 Å². The average molecular weight is 349 g/mol. The maximum Gasteiger partial charge on any atom is 0.245 e. The molecule has 24 heavy (non-hydrogen) atoms. The van der Waals surface area contributed by atoms with Gasteiger partial charge in [0.25, 0.3) is 0 Å². The third-order valence-corrected chi connectivity index (χ3v) is 4.45. The summed E-state index contributed by atoms with van der Waals surface area (Å²) >= 11 is 1.36. The highest BCUT2D eigenvalue weighted by atomic mass is 32.1. The van der Waals surface area contributed by atoms with Gasteiger partial charge in [-0.15, -0.1) is 11.3 Å². The fourth-order valence-electron chi connectivity index (χ4n) is 2.33. The zero-order chi connectivity index (χ0) is 17.7. The first-order valence-corrected chi connectivity index (χ1v) is 8.57. The Kier molecular flexibility index (Phi) is 5.80. The van der Waals surface area contributed by atoms with Crippen LogP contribution in [0.1, 0.15) is 26.7 Å². The smallest absolute Gasteiger partial charge is 0.245 e. The number of hydrogen-bond acceptors (Lipinski definition) is 6. The van der Waals surface area contributed by atoms with Crippen LogP contribution in [-0.2, 0) is 4.79 Å². The highest BCUT2D eigenvalue weighted by molar-refractivity contribution is 7.14. The minimum absolute atomic E-state index is 0.224. The van der Waals surface area contributed by atoms with Crippen molar-refractivity contribution in [1.29, 1.82) is 0 Å². The maximum atomic E-state index is 12.2. The molecule has 0 bridgehead atoms. The van der Waals surface area contributed by atoms with Crippen molar-refractivity contribution >= 4 is 22.4 Å². The lowest BCUT2D eigenvalue weighted by Crippen LogP contribution is -2.48. The average Bonchev–Trinajstić information content (AvgIpc) is 3.02. The second kappa shape index (κ2) is 7.63. The lowest BCUT2D eigenvalue weighted by Gasteiger charge is -2.21. The largest absolute Gasteiger partial charge is 0.493 e. The monoisotopic (exact) mass is 349 g/mol. The predicted octanol–water partition coefficient (Wildman–Crippen LogP) is 3.28. The summed E-state index contributed by atoms with van der Waals surface area (Å²) in [5.74, 6) is 1.06. The summed E-state index contributed by atoms with van der Waals surface area (Å²) in [5.41, 5.74) is 6.78. The molecule has 0 saturated heterocycles. The Morgan fingerprint density at radius 2 is 2.04 bits per heavy atom. The van der Waals surface area contributed by atoms with Gasteiger partial charge in [-0.05, 0) is 31.5 Å². The summed E-state index contributed by atoms with van der Waals surface area (Å²) in [5, 5.41) is 5.20. The quantitative estimate of drug-likeness (QED) is 0.801. The lowest BCUT2D eigenvalue weighted by molar-refractivity contribution is -0.120. The molecular weight excluding hydrogens is 326 g/mol. The van der Waals surface area contributed by atoms with E-state index in [2.05, 4.69) is 10.3 Å². The summed E-state index contributed by atoms with van der Waals surface area (Å²) in [6, 6.07) is 5.57. The van der Waals surface area contributed by atoms with Crippen LogP contribution in [0.25, 0.3) is 11.3 Å². The van der Waals surface area contributed by atoms with E-state index in [0.29, 0.717) is 23.1 Å². The fraction of sp³-hybridized carbons (Fsp3) is 0.412. The molecule has 0 radical (unpaired) electrons. The number of carbonyl (C=O) groups is 1. The van der Waals surface area contributed by atoms with E-state index in [1.165, 1.54) is 11.3 Å². The van der Waals surface area contributed by atoms with E-state index in [4.69, 9.17) is 15.2 Å². The van der Waals surface area contributed by atoms with E-state index in [1.54, 1.807) is 21.1 Å². The van der Waals surface area contributed by atoms with E-state index in [9.17, 15) is 4.79 Å². The number of aromatic nitrogens is 1. The van der Waals surface area contributed by atoms with Gasteiger partial charge >= 0.3 is 0 Å². The summed E-state index contributed by atoms with van der Waals surface area (Å²) in [6.45, 7) is 3.73. The van der Waals surface area contributed by atoms with E-state index >= 15 is 0 Å². The molecule has 0 aliphatic rings. The highest BCUT2D eigenvalue weighted by Gasteiger charge is 2.27. The van der Waals surface area contributed by atoms with Crippen molar-refractivity contribution in [2.24, 2.45) is 5.73 Å². The van der Waals surface area contributed by atoms with E-state index in [1.807, 2.05) is 30.5 Å². The molecule has 1 heterocycles. The second-order valence-corrected chi connectivity index (χ2v) is 6.59. The van der Waals surface area contributed by atoms with Crippen molar-refractivity contribution in [2.45, 2.75) is 32.2 Å².